The SMILES string of the molecule is c1cnc2cc(N3CCOCC3)nc(OC3CCC(Nc4ncc(OCCN5CCNCC5)cn4)CC3)c2c1. The van der Waals surface area contributed by atoms with Crippen LogP contribution in [0.3, 0.4) is 0 Å². The molecule has 11 heteroatoms. The lowest BCUT2D eigenvalue weighted by molar-refractivity contribution is 0.122. The molecule has 0 spiro atoms. The van der Waals surface area contributed by atoms with Gasteiger partial charge in [-0.05, 0) is 37.8 Å². The van der Waals surface area contributed by atoms with E-state index in [4.69, 9.17) is 19.2 Å². The minimum Gasteiger partial charge on any atom is -0.489 e. The average molecular weight is 535 g/mol. The highest BCUT2D eigenvalue weighted by Crippen LogP contribution is 2.31. The molecular formula is C28H38N8O3. The lowest BCUT2D eigenvalue weighted by Gasteiger charge is -2.31. The Bertz CT molecular complexity index is 1190. The smallest absolute Gasteiger partial charge is 0.225 e. The Morgan fingerprint density at radius 1 is 1.00 bits per heavy atom. The third-order valence-electron chi connectivity index (χ3n) is 7.69. The predicted octanol–water partition coefficient (Wildman–Crippen LogP) is 2.34. The van der Waals surface area contributed by atoms with E-state index in [9.17, 15) is 0 Å². The van der Waals surface area contributed by atoms with Gasteiger partial charge < -0.3 is 29.7 Å². The summed E-state index contributed by atoms with van der Waals surface area (Å²) in [6.07, 6.45) is 9.30. The third-order valence-corrected chi connectivity index (χ3v) is 7.69. The van der Waals surface area contributed by atoms with E-state index in [-0.39, 0.29) is 6.10 Å². The number of pyridine rings is 2. The zero-order valence-corrected chi connectivity index (χ0v) is 22.4. The molecule has 0 unspecified atom stereocenters. The van der Waals surface area contributed by atoms with Crippen LogP contribution >= 0.6 is 0 Å². The molecule has 0 amide bonds. The molecule has 2 aliphatic heterocycles. The molecule has 11 nitrogen and oxygen atoms in total. The molecule has 0 atom stereocenters. The van der Waals surface area contributed by atoms with Gasteiger partial charge in [0.05, 0.1) is 36.5 Å². The zero-order valence-electron chi connectivity index (χ0n) is 22.4. The standard InChI is InChI=1S/C28H38N8O3/c1-2-24-25(30-7-1)18-26(36-13-15-37-16-14-36)34-27(24)39-22-5-3-21(4-6-22)33-28-31-19-23(20-32-28)38-17-12-35-10-8-29-9-11-35/h1-2,7,18-22,29H,3-6,8-17H2,(H,31,32,33). The van der Waals surface area contributed by atoms with Crippen LogP contribution in [0.1, 0.15) is 25.7 Å². The van der Waals surface area contributed by atoms with Crippen molar-refractivity contribution in [3.05, 3.63) is 36.8 Å². The minimum atomic E-state index is 0.117. The van der Waals surface area contributed by atoms with Crippen LogP contribution in [0.2, 0.25) is 0 Å². The van der Waals surface area contributed by atoms with Gasteiger partial charge in [0, 0.05) is 64.1 Å². The molecule has 0 bridgehead atoms. The van der Waals surface area contributed by atoms with Gasteiger partial charge in [0.15, 0.2) is 5.75 Å². The lowest BCUT2D eigenvalue weighted by atomic mass is 9.93. The van der Waals surface area contributed by atoms with E-state index in [1.165, 1.54) is 0 Å². The number of fused-ring (bicyclic) bond motifs is 1. The van der Waals surface area contributed by atoms with Crippen LogP contribution in [0.15, 0.2) is 36.8 Å². The fourth-order valence-corrected chi connectivity index (χ4v) is 5.43. The first-order valence-electron chi connectivity index (χ1n) is 14.2. The summed E-state index contributed by atoms with van der Waals surface area (Å²) >= 11 is 0. The molecule has 208 valence electrons. The van der Waals surface area contributed by atoms with Gasteiger partial charge in [0.25, 0.3) is 0 Å². The number of ether oxygens (including phenoxy) is 3. The first-order chi connectivity index (χ1) is 19.3. The number of morpholine rings is 1. The first kappa shape index (κ1) is 26.0. The molecule has 1 saturated carbocycles. The molecule has 6 rings (SSSR count). The maximum absolute atomic E-state index is 6.50. The molecular weight excluding hydrogens is 496 g/mol. The van der Waals surface area contributed by atoms with E-state index >= 15 is 0 Å². The van der Waals surface area contributed by atoms with Crippen molar-refractivity contribution in [1.82, 2.24) is 30.2 Å². The summed E-state index contributed by atoms with van der Waals surface area (Å²) < 4.78 is 17.9. The Morgan fingerprint density at radius 3 is 2.59 bits per heavy atom. The molecule has 2 N–H and O–H groups in total. The number of rotatable bonds is 9. The normalized spacial score (nSPS) is 22.5. The fourth-order valence-electron chi connectivity index (χ4n) is 5.43. The summed E-state index contributed by atoms with van der Waals surface area (Å²) in [5.41, 5.74) is 0.910. The molecule has 3 aromatic heterocycles. The highest BCUT2D eigenvalue weighted by molar-refractivity contribution is 5.85. The highest BCUT2D eigenvalue weighted by atomic mass is 16.5. The van der Waals surface area contributed by atoms with Crippen molar-refractivity contribution in [2.45, 2.75) is 37.8 Å². The molecule has 3 aromatic rings. The van der Waals surface area contributed by atoms with Gasteiger partial charge in [-0.1, -0.05) is 0 Å². The average Bonchev–Trinajstić information content (AvgIpc) is 3.00. The Kier molecular flexibility index (Phi) is 8.47. The lowest BCUT2D eigenvalue weighted by Crippen LogP contribution is -2.44. The number of nitrogens with one attached hydrogen (secondary N) is 2. The molecule has 3 aliphatic rings. The molecule has 39 heavy (non-hydrogen) atoms. The van der Waals surface area contributed by atoms with Crippen molar-refractivity contribution in [3.63, 3.8) is 0 Å². The second kappa shape index (κ2) is 12.7. The van der Waals surface area contributed by atoms with Crippen LogP contribution < -0.4 is 25.0 Å². The molecule has 0 aromatic carbocycles. The number of nitrogens with zero attached hydrogens (tertiary/aromatic N) is 6. The second-order valence-electron chi connectivity index (χ2n) is 10.4. The van der Waals surface area contributed by atoms with Gasteiger partial charge in [0.1, 0.15) is 18.5 Å². The maximum Gasteiger partial charge on any atom is 0.225 e. The topological polar surface area (TPSA) is 110 Å². The van der Waals surface area contributed by atoms with E-state index in [1.807, 2.05) is 18.3 Å². The van der Waals surface area contributed by atoms with E-state index in [0.29, 0.717) is 43.4 Å². The Hall–Kier alpha value is -3.28. The molecule has 3 fully saturated rings. The van der Waals surface area contributed by atoms with Gasteiger partial charge in [-0.2, -0.15) is 4.98 Å². The molecule has 2 saturated heterocycles. The van der Waals surface area contributed by atoms with Gasteiger partial charge in [-0.25, -0.2) is 9.97 Å². The van der Waals surface area contributed by atoms with Gasteiger partial charge in [-0.3, -0.25) is 9.88 Å². The minimum absolute atomic E-state index is 0.117. The van der Waals surface area contributed by atoms with E-state index in [2.05, 4.69) is 41.5 Å². The van der Waals surface area contributed by atoms with Crippen LogP contribution in [0, 0.1) is 0 Å². The predicted molar refractivity (Wildman–Crippen MR) is 150 cm³/mol. The summed E-state index contributed by atoms with van der Waals surface area (Å²) in [6, 6.07) is 6.35. The van der Waals surface area contributed by atoms with Crippen molar-refractivity contribution in [3.8, 4) is 11.6 Å². The third kappa shape index (κ3) is 6.84. The maximum atomic E-state index is 6.50. The Labute approximate surface area is 229 Å². The first-order valence-corrected chi connectivity index (χ1v) is 14.2. The quantitative estimate of drug-likeness (QED) is 0.422. The van der Waals surface area contributed by atoms with Crippen LogP contribution in [-0.4, -0.2) is 103 Å². The van der Waals surface area contributed by atoms with Crippen molar-refractivity contribution in [2.24, 2.45) is 0 Å². The number of piperazine rings is 1. The molecule has 5 heterocycles. The fraction of sp³-hybridized carbons (Fsp3) is 0.571. The molecule has 0 radical (unpaired) electrons. The summed E-state index contributed by atoms with van der Waals surface area (Å²) in [5, 5.41) is 7.81. The summed E-state index contributed by atoms with van der Waals surface area (Å²) in [4.78, 5) is 23.1. The van der Waals surface area contributed by atoms with Crippen LogP contribution in [0.5, 0.6) is 11.6 Å². The van der Waals surface area contributed by atoms with Gasteiger partial charge >= 0.3 is 0 Å². The van der Waals surface area contributed by atoms with E-state index < -0.39 is 0 Å². The van der Waals surface area contributed by atoms with Gasteiger partial charge in [0.2, 0.25) is 11.8 Å². The highest BCUT2D eigenvalue weighted by Gasteiger charge is 2.25. The van der Waals surface area contributed by atoms with Crippen LogP contribution in [0.25, 0.3) is 10.9 Å². The van der Waals surface area contributed by atoms with E-state index in [0.717, 1.165) is 88.2 Å². The Balaban J connectivity index is 0.996. The summed E-state index contributed by atoms with van der Waals surface area (Å²) in [7, 11) is 0. The number of aromatic nitrogens is 4. The largest absolute Gasteiger partial charge is 0.489 e. The Morgan fingerprint density at radius 2 is 1.79 bits per heavy atom. The van der Waals surface area contributed by atoms with Crippen molar-refractivity contribution in [2.75, 3.05) is 75.9 Å². The summed E-state index contributed by atoms with van der Waals surface area (Å²) in [5.74, 6) is 2.93. The van der Waals surface area contributed by atoms with Crippen molar-refractivity contribution < 1.29 is 14.2 Å². The zero-order chi connectivity index (χ0) is 26.3. The number of hydrogen-bond acceptors (Lipinski definition) is 11. The van der Waals surface area contributed by atoms with E-state index in [1.54, 1.807) is 12.4 Å². The molecule has 1 aliphatic carbocycles. The second-order valence-corrected chi connectivity index (χ2v) is 10.4. The number of hydrogen-bond donors (Lipinski definition) is 2. The van der Waals surface area contributed by atoms with Gasteiger partial charge in [-0.15, -0.1) is 0 Å². The van der Waals surface area contributed by atoms with Crippen LogP contribution in [0.4, 0.5) is 11.8 Å². The van der Waals surface area contributed by atoms with Crippen LogP contribution in [-0.2, 0) is 4.74 Å². The van der Waals surface area contributed by atoms with Crippen molar-refractivity contribution in [1.29, 1.82) is 0 Å². The number of anilines is 2. The summed E-state index contributed by atoms with van der Waals surface area (Å²) in [6.45, 7) is 8.89. The monoisotopic (exact) mass is 534 g/mol. The van der Waals surface area contributed by atoms with Crippen molar-refractivity contribution >= 4 is 22.7 Å².